The summed E-state index contributed by atoms with van der Waals surface area (Å²) in [6, 6.07) is 16.4. The molecule has 1 aromatic heterocycles. The van der Waals surface area contributed by atoms with Gasteiger partial charge in [0.25, 0.3) is 0 Å². The Labute approximate surface area is 165 Å². The lowest BCUT2D eigenvalue weighted by Gasteiger charge is -2.12. The van der Waals surface area contributed by atoms with Gasteiger partial charge < -0.3 is 15.4 Å². The van der Waals surface area contributed by atoms with Gasteiger partial charge in [-0.05, 0) is 54.6 Å². The number of anilines is 1. The molecule has 5 heteroatoms. The lowest BCUT2D eigenvalue weighted by molar-refractivity contribution is 0.315. The van der Waals surface area contributed by atoms with Crippen molar-refractivity contribution in [2.75, 3.05) is 18.5 Å². The van der Waals surface area contributed by atoms with Crippen LogP contribution in [0.5, 0.6) is 5.75 Å². The molecule has 0 amide bonds. The Kier molecular flexibility index (Phi) is 7.15. The summed E-state index contributed by atoms with van der Waals surface area (Å²) < 4.78 is 19.0. The van der Waals surface area contributed by atoms with Gasteiger partial charge in [0.1, 0.15) is 18.2 Å². The maximum atomic E-state index is 13.1. The summed E-state index contributed by atoms with van der Waals surface area (Å²) in [6.07, 6.45) is 7.43. The molecule has 4 nitrogen and oxygen atoms in total. The zero-order valence-electron chi connectivity index (χ0n) is 15.9. The summed E-state index contributed by atoms with van der Waals surface area (Å²) in [5.74, 6) is 0.583. The molecule has 0 saturated heterocycles. The molecule has 0 aliphatic heterocycles. The first kappa shape index (κ1) is 19.6. The Hall–Kier alpha value is -3.18. The molecule has 0 aliphatic carbocycles. The summed E-state index contributed by atoms with van der Waals surface area (Å²) >= 11 is 0. The second kappa shape index (κ2) is 10.2. The predicted octanol–water partition coefficient (Wildman–Crippen LogP) is 5.00. The van der Waals surface area contributed by atoms with E-state index in [1.807, 2.05) is 49.7 Å². The number of aromatic nitrogens is 1. The number of ether oxygens (including phenoxy) is 1. The number of allylic oxidation sites excluding steroid dienone is 1. The Morgan fingerprint density at radius 2 is 1.86 bits per heavy atom. The molecule has 3 rings (SSSR count). The number of pyridine rings is 1. The fourth-order valence-corrected chi connectivity index (χ4v) is 2.74. The molecule has 2 N–H and O–H groups in total. The van der Waals surface area contributed by atoms with Crippen molar-refractivity contribution in [3.8, 4) is 16.9 Å². The minimum absolute atomic E-state index is 0.239. The van der Waals surface area contributed by atoms with Crippen LogP contribution in [0.1, 0.15) is 12.5 Å². The van der Waals surface area contributed by atoms with E-state index in [-0.39, 0.29) is 5.82 Å². The fourth-order valence-electron chi connectivity index (χ4n) is 2.74. The zero-order chi connectivity index (χ0) is 19.6. The van der Waals surface area contributed by atoms with Crippen LogP contribution in [0.2, 0.25) is 0 Å². The first-order valence-electron chi connectivity index (χ1n) is 9.26. The average Bonchev–Trinajstić information content (AvgIpc) is 2.73. The van der Waals surface area contributed by atoms with E-state index in [0.29, 0.717) is 19.7 Å². The Bertz CT molecular complexity index is 910. The number of benzene rings is 2. The van der Waals surface area contributed by atoms with Gasteiger partial charge in [0.2, 0.25) is 0 Å². The summed E-state index contributed by atoms with van der Waals surface area (Å²) in [6.45, 7) is 3.91. The average molecular weight is 377 g/mol. The van der Waals surface area contributed by atoms with Gasteiger partial charge in [-0.25, -0.2) is 4.39 Å². The second-order valence-corrected chi connectivity index (χ2v) is 6.25. The lowest BCUT2D eigenvalue weighted by Crippen LogP contribution is -2.20. The van der Waals surface area contributed by atoms with Crippen molar-refractivity contribution in [2.45, 2.75) is 13.5 Å². The van der Waals surface area contributed by atoms with Crippen LogP contribution in [0, 0.1) is 5.82 Å². The number of rotatable bonds is 9. The van der Waals surface area contributed by atoms with Crippen molar-refractivity contribution in [3.05, 3.63) is 90.6 Å². The van der Waals surface area contributed by atoms with Crippen molar-refractivity contribution in [2.24, 2.45) is 0 Å². The van der Waals surface area contributed by atoms with E-state index in [1.54, 1.807) is 18.3 Å². The molecule has 0 saturated carbocycles. The largest absolute Gasteiger partial charge is 0.490 e. The summed E-state index contributed by atoms with van der Waals surface area (Å²) in [5.41, 5.74) is 3.93. The third-order valence-electron chi connectivity index (χ3n) is 4.13. The number of halogens is 1. The van der Waals surface area contributed by atoms with Crippen molar-refractivity contribution >= 4 is 5.69 Å². The van der Waals surface area contributed by atoms with E-state index < -0.39 is 0 Å². The van der Waals surface area contributed by atoms with Crippen molar-refractivity contribution in [1.82, 2.24) is 10.3 Å². The van der Waals surface area contributed by atoms with E-state index in [4.69, 9.17) is 4.74 Å². The molecule has 28 heavy (non-hydrogen) atoms. The van der Waals surface area contributed by atoms with Crippen LogP contribution < -0.4 is 15.4 Å². The number of hydrogen-bond acceptors (Lipinski definition) is 4. The van der Waals surface area contributed by atoms with Crippen LogP contribution in [-0.4, -0.2) is 18.1 Å². The molecule has 2 aromatic carbocycles. The number of para-hydroxylation sites is 2. The molecule has 0 unspecified atom stereocenters. The Morgan fingerprint density at radius 3 is 2.68 bits per heavy atom. The maximum absolute atomic E-state index is 13.1. The highest BCUT2D eigenvalue weighted by Gasteiger charge is 2.03. The van der Waals surface area contributed by atoms with Crippen molar-refractivity contribution < 1.29 is 9.13 Å². The van der Waals surface area contributed by atoms with Crippen LogP contribution in [0.3, 0.4) is 0 Å². The highest BCUT2D eigenvalue weighted by Crippen LogP contribution is 2.23. The quantitative estimate of drug-likeness (QED) is 0.515. The van der Waals surface area contributed by atoms with Crippen molar-refractivity contribution in [3.63, 3.8) is 0 Å². The number of nitrogens with zero attached hydrogens (tertiary/aromatic N) is 1. The van der Waals surface area contributed by atoms with E-state index in [9.17, 15) is 4.39 Å². The smallest absolute Gasteiger partial charge is 0.142 e. The molecule has 1 heterocycles. The highest BCUT2D eigenvalue weighted by atomic mass is 19.1. The summed E-state index contributed by atoms with van der Waals surface area (Å²) in [4.78, 5) is 4.29. The minimum Gasteiger partial charge on any atom is -0.490 e. The van der Waals surface area contributed by atoms with Gasteiger partial charge in [-0.15, -0.1) is 0 Å². The van der Waals surface area contributed by atoms with E-state index in [2.05, 4.69) is 21.7 Å². The molecule has 0 radical (unpaired) electrons. The lowest BCUT2D eigenvalue weighted by atomic mass is 10.1. The normalized spacial score (nSPS) is 10.9. The zero-order valence-corrected chi connectivity index (χ0v) is 15.9. The second-order valence-electron chi connectivity index (χ2n) is 6.25. The molecule has 0 aliphatic rings. The molecule has 0 spiro atoms. The summed E-state index contributed by atoms with van der Waals surface area (Å²) in [7, 11) is 0. The van der Waals surface area contributed by atoms with Gasteiger partial charge in [0.15, 0.2) is 0 Å². The SMILES string of the molecule is C/C=C\Nc1ccccc1OCCNCc1cncc(-c2ccc(F)cc2)c1. The summed E-state index contributed by atoms with van der Waals surface area (Å²) in [5, 5.41) is 6.56. The fraction of sp³-hybridized carbons (Fsp3) is 0.174. The first-order chi connectivity index (χ1) is 13.8. The monoisotopic (exact) mass is 377 g/mol. The molecular formula is C23H24FN3O. The van der Waals surface area contributed by atoms with Gasteiger partial charge in [-0.1, -0.05) is 30.3 Å². The number of hydrogen-bond donors (Lipinski definition) is 2. The predicted molar refractivity (Wildman–Crippen MR) is 112 cm³/mol. The van der Waals surface area contributed by atoms with E-state index in [1.165, 1.54) is 12.1 Å². The minimum atomic E-state index is -0.239. The molecule has 3 aromatic rings. The third-order valence-corrected chi connectivity index (χ3v) is 4.13. The van der Waals surface area contributed by atoms with Crippen LogP contribution in [0.15, 0.2) is 79.3 Å². The van der Waals surface area contributed by atoms with Crippen molar-refractivity contribution in [1.29, 1.82) is 0 Å². The third kappa shape index (κ3) is 5.66. The van der Waals surface area contributed by atoms with E-state index >= 15 is 0 Å². The van der Waals surface area contributed by atoms with Crippen LogP contribution >= 0.6 is 0 Å². The molecule has 0 bridgehead atoms. The topological polar surface area (TPSA) is 46.2 Å². The molecular weight excluding hydrogens is 353 g/mol. The Balaban J connectivity index is 1.48. The van der Waals surface area contributed by atoms with Gasteiger partial charge >= 0.3 is 0 Å². The van der Waals surface area contributed by atoms with Gasteiger partial charge in [0, 0.05) is 31.0 Å². The highest BCUT2D eigenvalue weighted by molar-refractivity contribution is 5.62. The molecule has 144 valence electrons. The molecule has 0 atom stereocenters. The number of nitrogens with one attached hydrogen (secondary N) is 2. The first-order valence-corrected chi connectivity index (χ1v) is 9.26. The maximum Gasteiger partial charge on any atom is 0.142 e. The van der Waals surface area contributed by atoms with E-state index in [0.717, 1.165) is 28.1 Å². The standard InChI is InChI=1S/C23H24FN3O/c1-2-11-27-22-5-3-4-6-23(22)28-13-12-25-15-18-14-20(17-26-16-18)19-7-9-21(24)10-8-19/h2-11,14,16-17,25,27H,12-13,15H2,1H3/b11-2-. The van der Waals surface area contributed by atoms with Gasteiger partial charge in [0.05, 0.1) is 5.69 Å². The van der Waals surface area contributed by atoms with Gasteiger partial charge in [-0.2, -0.15) is 0 Å². The van der Waals surface area contributed by atoms with Crippen LogP contribution in [0.25, 0.3) is 11.1 Å². The van der Waals surface area contributed by atoms with Crippen LogP contribution in [-0.2, 0) is 6.54 Å². The Morgan fingerprint density at radius 1 is 1.04 bits per heavy atom. The van der Waals surface area contributed by atoms with Gasteiger partial charge in [-0.3, -0.25) is 4.98 Å². The van der Waals surface area contributed by atoms with Crippen LogP contribution in [0.4, 0.5) is 10.1 Å². The molecule has 0 fully saturated rings.